The molecule has 1 unspecified atom stereocenters. The van der Waals surface area contributed by atoms with E-state index in [2.05, 4.69) is 18.7 Å². The minimum atomic E-state index is -0.661. The second kappa shape index (κ2) is 3.19. The molecule has 15 heavy (non-hydrogen) atoms. The Labute approximate surface area is 92.1 Å². The van der Waals surface area contributed by atoms with Crippen molar-refractivity contribution in [3.8, 4) is 0 Å². The first kappa shape index (κ1) is 11.4. The van der Waals surface area contributed by atoms with E-state index in [0.29, 0.717) is 12.0 Å². The standard InChI is InChI=1S/C12H23NO2/c1-10(2)6-11(7-10,9-14)12(15)4-5-13(3)8-12/h14-15H,4-9H2,1-3H3. The molecule has 1 saturated carbocycles. The van der Waals surface area contributed by atoms with Crippen LogP contribution in [-0.2, 0) is 0 Å². The van der Waals surface area contributed by atoms with Gasteiger partial charge in [0.05, 0.1) is 12.2 Å². The smallest absolute Gasteiger partial charge is 0.0864 e. The van der Waals surface area contributed by atoms with Crippen LogP contribution >= 0.6 is 0 Å². The van der Waals surface area contributed by atoms with Crippen LogP contribution < -0.4 is 0 Å². The van der Waals surface area contributed by atoms with Crippen LogP contribution in [0, 0.1) is 10.8 Å². The lowest BCUT2D eigenvalue weighted by molar-refractivity contribution is -0.189. The zero-order chi connectivity index (χ0) is 11.3. The number of aliphatic hydroxyl groups excluding tert-OH is 1. The highest BCUT2D eigenvalue weighted by molar-refractivity contribution is 5.12. The maximum atomic E-state index is 10.7. The van der Waals surface area contributed by atoms with Gasteiger partial charge in [-0.2, -0.15) is 0 Å². The van der Waals surface area contributed by atoms with Crippen molar-refractivity contribution < 1.29 is 10.2 Å². The highest BCUT2D eigenvalue weighted by Crippen LogP contribution is 2.60. The third-order valence-electron chi connectivity index (χ3n) is 4.36. The molecule has 88 valence electrons. The van der Waals surface area contributed by atoms with Gasteiger partial charge in [0.25, 0.3) is 0 Å². The lowest BCUT2D eigenvalue weighted by Gasteiger charge is -2.59. The summed E-state index contributed by atoms with van der Waals surface area (Å²) in [4.78, 5) is 2.16. The average Bonchev–Trinajstić information content (AvgIpc) is 2.42. The first-order chi connectivity index (χ1) is 6.83. The molecule has 0 radical (unpaired) electrons. The number of likely N-dealkylation sites (N-methyl/N-ethyl adjacent to an activating group) is 1. The van der Waals surface area contributed by atoms with E-state index in [4.69, 9.17) is 0 Å². The molecule has 1 atom stereocenters. The summed E-state index contributed by atoms with van der Waals surface area (Å²) in [6.07, 6.45) is 2.70. The molecule has 0 spiro atoms. The van der Waals surface area contributed by atoms with Gasteiger partial charge in [-0.15, -0.1) is 0 Å². The van der Waals surface area contributed by atoms with Gasteiger partial charge >= 0.3 is 0 Å². The maximum absolute atomic E-state index is 10.7. The molecule has 2 N–H and O–H groups in total. The molecule has 1 saturated heterocycles. The van der Waals surface area contributed by atoms with E-state index in [-0.39, 0.29) is 12.0 Å². The molecule has 3 nitrogen and oxygen atoms in total. The van der Waals surface area contributed by atoms with Gasteiger partial charge in [-0.3, -0.25) is 0 Å². The van der Waals surface area contributed by atoms with Crippen LogP contribution in [0.25, 0.3) is 0 Å². The fourth-order valence-corrected chi connectivity index (χ4v) is 3.78. The summed E-state index contributed by atoms with van der Waals surface area (Å²) in [5, 5.41) is 20.3. The molecule has 1 aliphatic carbocycles. The third-order valence-corrected chi connectivity index (χ3v) is 4.36. The SMILES string of the molecule is CN1CCC(O)(C2(CO)CC(C)(C)C2)C1. The van der Waals surface area contributed by atoms with E-state index in [0.717, 1.165) is 25.8 Å². The average molecular weight is 213 g/mol. The fraction of sp³-hybridized carbons (Fsp3) is 1.00. The summed E-state index contributed by atoms with van der Waals surface area (Å²) >= 11 is 0. The van der Waals surface area contributed by atoms with Gasteiger partial charge in [-0.05, 0) is 31.7 Å². The summed E-state index contributed by atoms with van der Waals surface area (Å²) < 4.78 is 0. The van der Waals surface area contributed by atoms with Gasteiger partial charge in [0, 0.05) is 18.5 Å². The maximum Gasteiger partial charge on any atom is 0.0864 e. The molecule has 0 amide bonds. The van der Waals surface area contributed by atoms with Crippen molar-refractivity contribution >= 4 is 0 Å². The summed E-state index contributed by atoms with van der Waals surface area (Å²) in [6.45, 7) is 6.20. The van der Waals surface area contributed by atoms with Gasteiger partial charge < -0.3 is 15.1 Å². The Morgan fingerprint density at radius 1 is 1.27 bits per heavy atom. The van der Waals surface area contributed by atoms with Crippen molar-refractivity contribution in [1.82, 2.24) is 4.90 Å². The molecular weight excluding hydrogens is 190 g/mol. The predicted molar refractivity (Wildman–Crippen MR) is 59.6 cm³/mol. The minimum absolute atomic E-state index is 0.126. The summed E-state index contributed by atoms with van der Waals surface area (Å²) in [6, 6.07) is 0. The molecule has 0 aromatic rings. The molecule has 3 heteroatoms. The van der Waals surface area contributed by atoms with Crippen LogP contribution in [-0.4, -0.2) is 47.5 Å². The van der Waals surface area contributed by atoms with Crippen LogP contribution in [0.5, 0.6) is 0 Å². The molecule has 2 fully saturated rings. The van der Waals surface area contributed by atoms with Crippen LogP contribution in [0.4, 0.5) is 0 Å². The van der Waals surface area contributed by atoms with Crippen molar-refractivity contribution in [3.63, 3.8) is 0 Å². The fourth-order valence-electron chi connectivity index (χ4n) is 3.78. The highest BCUT2D eigenvalue weighted by atomic mass is 16.3. The van der Waals surface area contributed by atoms with Gasteiger partial charge in [0.2, 0.25) is 0 Å². The number of likely N-dealkylation sites (tertiary alicyclic amines) is 1. The topological polar surface area (TPSA) is 43.7 Å². The monoisotopic (exact) mass is 213 g/mol. The zero-order valence-corrected chi connectivity index (χ0v) is 10.1. The second-order valence-corrected chi connectivity index (χ2v) is 6.48. The molecular formula is C12H23NO2. The van der Waals surface area contributed by atoms with Crippen LogP contribution in [0.1, 0.15) is 33.1 Å². The number of rotatable bonds is 2. The molecule has 0 bridgehead atoms. The Kier molecular flexibility index (Phi) is 2.42. The Morgan fingerprint density at radius 2 is 1.87 bits per heavy atom. The molecule has 2 aliphatic rings. The normalized spacial score (nSPS) is 39.0. The van der Waals surface area contributed by atoms with Gasteiger partial charge in [-0.1, -0.05) is 13.8 Å². The van der Waals surface area contributed by atoms with E-state index in [1.807, 2.05) is 7.05 Å². The van der Waals surface area contributed by atoms with E-state index >= 15 is 0 Å². The zero-order valence-electron chi connectivity index (χ0n) is 10.1. The van der Waals surface area contributed by atoms with E-state index in [1.54, 1.807) is 0 Å². The Hall–Kier alpha value is -0.120. The molecule has 2 rings (SSSR count). The van der Waals surface area contributed by atoms with Crippen LogP contribution in [0.2, 0.25) is 0 Å². The Balaban J connectivity index is 2.15. The number of nitrogens with zero attached hydrogens (tertiary/aromatic N) is 1. The van der Waals surface area contributed by atoms with Crippen molar-refractivity contribution in [2.45, 2.75) is 38.7 Å². The molecule has 0 aromatic heterocycles. The first-order valence-corrected chi connectivity index (χ1v) is 5.84. The van der Waals surface area contributed by atoms with E-state index in [9.17, 15) is 10.2 Å². The van der Waals surface area contributed by atoms with Crippen molar-refractivity contribution in [3.05, 3.63) is 0 Å². The van der Waals surface area contributed by atoms with Crippen molar-refractivity contribution in [2.24, 2.45) is 10.8 Å². The molecule has 1 aliphatic heterocycles. The van der Waals surface area contributed by atoms with Gasteiger partial charge in [0.1, 0.15) is 0 Å². The predicted octanol–water partition coefficient (Wildman–Crippen LogP) is 0.852. The minimum Gasteiger partial charge on any atom is -0.396 e. The summed E-state index contributed by atoms with van der Waals surface area (Å²) in [7, 11) is 2.03. The third kappa shape index (κ3) is 1.61. The number of β-amino-alcohol motifs (C(OH)–C–C–N with tert-alkyl or cyclic N) is 1. The Morgan fingerprint density at radius 3 is 2.20 bits per heavy atom. The number of hydrogen-bond donors (Lipinski definition) is 2. The molecule has 0 aromatic carbocycles. The Bertz CT molecular complexity index is 256. The second-order valence-electron chi connectivity index (χ2n) is 6.48. The van der Waals surface area contributed by atoms with E-state index < -0.39 is 5.60 Å². The molecule has 1 heterocycles. The highest BCUT2D eigenvalue weighted by Gasteiger charge is 2.61. The number of hydrogen-bond acceptors (Lipinski definition) is 3. The van der Waals surface area contributed by atoms with Gasteiger partial charge in [0.15, 0.2) is 0 Å². The summed E-state index contributed by atoms with van der Waals surface area (Å²) in [5.41, 5.74) is -0.604. The first-order valence-electron chi connectivity index (χ1n) is 5.84. The van der Waals surface area contributed by atoms with Crippen LogP contribution in [0.3, 0.4) is 0 Å². The number of aliphatic hydroxyl groups is 2. The van der Waals surface area contributed by atoms with Crippen molar-refractivity contribution in [2.75, 3.05) is 26.7 Å². The largest absolute Gasteiger partial charge is 0.396 e. The van der Waals surface area contributed by atoms with Crippen LogP contribution in [0.15, 0.2) is 0 Å². The van der Waals surface area contributed by atoms with Gasteiger partial charge in [-0.25, -0.2) is 0 Å². The van der Waals surface area contributed by atoms with Crippen molar-refractivity contribution in [1.29, 1.82) is 0 Å². The lowest BCUT2D eigenvalue weighted by Crippen LogP contribution is -2.61. The summed E-state index contributed by atoms with van der Waals surface area (Å²) in [5.74, 6) is 0. The quantitative estimate of drug-likeness (QED) is 0.715. The van der Waals surface area contributed by atoms with E-state index in [1.165, 1.54) is 0 Å². The lowest BCUT2D eigenvalue weighted by atomic mass is 9.48.